The molecule has 0 heterocycles. The highest BCUT2D eigenvalue weighted by Crippen LogP contribution is 2.23. The molecule has 0 unspecified atom stereocenters. The Balaban J connectivity index is 2.12. The molecule has 1 N–H and O–H groups in total. The fraction of sp³-hybridized carbons (Fsp3) is 0.609. The van der Waals surface area contributed by atoms with Crippen LogP contribution in [0.5, 0.6) is 5.75 Å². The minimum absolute atomic E-state index is 0.0100. The van der Waals surface area contributed by atoms with Crippen LogP contribution in [0.25, 0.3) is 0 Å². The second kappa shape index (κ2) is 14.4. The Hall–Kier alpha value is -1.77. The minimum atomic E-state index is -0.459. The van der Waals surface area contributed by atoms with E-state index in [4.69, 9.17) is 4.74 Å². The molecule has 0 saturated heterocycles. The summed E-state index contributed by atoms with van der Waals surface area (Å²) in [5.41, 5.74) is 1.20. The summed E-state index contributed by atoms with van der Waals surface area (Å²) in [7, 11) is 1.35. The summed E-state index contributed by atoms with van der Waals surface area (Å²) in [6.07, 6.45) is 19.1. The summed E-state index contributed by atoms with van der Waals surface area (Å²) in [5, 5.41) is 9.89. The van der Waals surface area contributed by atoms with E-state index in [1.807, 2.05) is 6.07 Å². The van der Waals surface area contributed by atoms with Gasteiger partial charge in [-0.15, -0.1) is 0 Å². The lowest BCUT2D eigenvalue weighted by Crippen LogP contribution is -2.06. The number of aromatic hydroxyl groups is 1. The van der Waals surface area contributed by atoms with Crippen molar-refractivity contribution in [2.45, 2.75) is 84.0 Å². The van der Waals surface area contributed by atoms with E-state index >= 15 is 0 Å². The van der Waals surface area contributed by atoms with Gasteiger partial charge in [0.25, 0.3) is 0 Å². The van der Waals surface area contributed by atoms with E-state index in [0.717, 1.165) is 24.8 Å². The van der Waals surface area contributed by atoms with Crippen molar-refractivity contribution >= 4 is 5.97 Å². The van der Waals surface area contributed by atoms with Crippen LogP contribution in [0.4, 0.5) is 0 Å². The van der Waals surface area contributed by atoms with Crippen molar-refractivity contribution in [1.29, 1.82) is 0 Å². The molecule has 1 aromatic carbocycles. The molecule has 0 fully saturated rings. The van der Waals surface area contributed by atoms with Gasteiger partial charge in [-0.1, -0.05) is 69.7 Å². The second-order valence-corrected chi connectivity index (χ2v) is 6.93. The first-order chi connectivity index (χ1) is 12.7. The first kappa shape index (κ1) is 22.3. The van der Waals surface area contributed by atoms with Crippen LogP contribution in [0.1, 0.15) is 93.5 Å². The molecule has 1 aromatic rings. The van der Waals surface area contributed by atoms with E-state index in [1.165, 1.54) is 71.0 Å². The van der Waals surface area contributed by atoms with E-state index in [1.54, 1.807) is 6.07 Å². The molecule has 3 nitrogen and oxygen atoms in total. The summed E-state index contributed by atoms with van der Waals surface area (Å²) in [6.45, 7) is 2.25. The van der Waals surface area contributed by atoms with Crippen LogP contribution in [0, 0.1) is 0 Å². The molecule has 0 saturated carbocycles. The van der Waals surface area contributed by atoms with Crippen molar-refractivity contribution in [2.24, 2.45) is 0 Å². The number of hydrogen-bond acceptors (Lipinski definition) is 3. The zero-order valence-electron chi connectivity index (χ0n) is 16.6. The van der Waals surface area contributed by atoms with Gasteiger partial charge in [0.05, 0.1) is 7.11 Å². The van der Waals surface area contributed by atoms with Crippen molar-refractivity contribution in [3.05, 3.63) is 41.5 Å². The Morgan fingerprint density at radius 3 is 2.23 bits per heavy atom. The minimum Gasteiger partial charge on any atom is -0.507 e. The number of phenols is 1. The molecular formula is C23H36O3. The van der Waals surface area contributed by atoms with E-state index in [-0.39, 0.29) is 5.75 Å². The molecule has 0 radical (unpaired) electrons. The van der Waals surface area contributed by atoms with Gasteiger partial charge in [0.1, 0.15) is 11.3 Å². The van der Waals surface area contributed by atoms with Crippen LogP contribution < -0.4 is 0 Å². The lowest BCUT2D eigenvalue weighted by Gasteiger charge is -2.09. The maximum Gasteiger partial charge on any atom is 0.341 e. The van der Waals surface area contributed by atoms with Crippen LogP contribution in [0.15, 0.2) is 30.4 Å². The number of esters is 1. The monoisotopic (exact) mass is 360 g/mol. The summed E-state index contributed by atoms with van der Waals surface area (Å²) in [4.78, 5) is 11.8. The van der Waals surface area contributed by atoms with Crippen molar-refractivity contribution < 1.29 is 14.6 Å². The van der Waals surface area contributed by atoms with Gasteiger partial charge in [0.15, 0.2) is 0 Å². The van der Waals surface area contributed by atoms with Gasteiger partial charge in [-0.05, 0) is 50.2 Å². The highest BCUT2D eigenvalue weighted by molar-refractivity contribution is 5.94. The third kappa shape index (κ3) is 9.07. The second-order valence-electron chi connectivity index (χ2n) is 6.93. The van der Waals surface area contributed by atoms with Gasteiger partial charge in [-0.2, -0.15) is 0 Å². The zero-order valence-corrected chi connectivity index (χ0v) is 16.6. The van der Waals surface area contributed by atoms with E-state index < -0.39 is 5.97 Å². The Bertz CT molecular complexity index is 534. The number of rotatable bonds is 14. The maximum atomic E-state index is 11.8. The smallest absolute Gasteiger partial charge is 0.341 e. The van der Waals surface area contributed by atoms with Crippen LogP contribution in [-0.2, 0) is 11.2 Å². The van der Waals surface area contributed by atoms with Crippen molar-refractivity contribution in [2.75, 3.05) is 7.11 Å². The first-order valence-electron chi connectivity index (χ1n) is 10.2. The van der Waals surface area contributed by atoms with Gasteiger partial charge >= 0.3 is 5.97 Å². The first-order valence-corrected chi connectivity index (χ1v) is 10.2. The zero-order chi connectivity index (χ0) is 19.0. The van der Waals surface area contributed by atoms with Crippen molar-refractivity contribution in [1.82, 2.24) is 0 Å². The molecule has 146 valence electrons. The summed E-state index contributed by atoms with van der Waals surface area (Å²) in [6, 6.07) is 5.22. The van der Waals surface area contributed by atoms with Crippen LogP contribution in [-0.4, -0.2) is 18.2 Å². The predicted molar refractivity (Wildman–Crippen MR) is 109 cm³/mol. The summed E-state index contributed by atoms with van der Waals surface area (Å²) in [5.74, 6) is -0.449. The highest BCUT2D eigenvalue weighted by atomic mass is 16.5. The molecular weight excluding hydrogens is 324 g/mol. The number of benzene rings is 1. The Morgan fingerprint density at radius 2 is 1.58 bits per heavy atom. The van der Waals surface area contributed by atoms with Crippen molar-refractivity contribution in [3.8, 4) is 5.75 Å². The normalized spacial score (nSPS) is 11.2. The number of hydrogen-bond donors (Lipinski definition) is 1. The number of aryl methyl sites for hydroxylation is 1. The molecule has 0 amide bonds. The maximum absolute atomic E-state index is 11.8. The molecule has 1 rings (SSSR count). The van der Waals surface area contributed by atoms with Crippen LogP contribution in [0.3, 0.4) is 0 Å². The Kier molecular flexibility index (Phi) is 12.3. The van der Waals surface area contributed by atoms with E-state index in [2.05, 4.69) is 19.1 Å². The number of carbonyl (C=O) groups is 1. The lowest BCUT2D eigenvalue weighted by molar-refractivity contribution is 0.0596. The lowest BCUT2D eigenvalue weighted by atomic mass is 9.99. The Morgan fingerprint density at radius 1 is 0.962 bits per heavy atom. The Labute approximate surface area is 159 Å². The molecule has 0 aliphatic rings. The number of carbonyl (C=O) groups excluding carboxylic acids is 1. The van der Waals surface area contributed by atoms with E-state index in [0.29, 0.717) is 5.56 Å². The molecule has 0 spiro atoms. The van der Waals surface area contributed by atoms with Gasteiger partial charge in [-0.3, -0.25) is 0 Å². The topological polar surface area (TPSA) is 46.5 Å². The third-order valence-corrected chi connectivity index (χ3v) is 4.73. The molecule has 0 bridgehead atoms. The molecule has 0 aliphatic carbocycles. The molecule has 0 atom stereocenters. The van der Waals surface area contributed by atoms with Gasteiger partial charge in [0.2, 0.25) is 0 Å². The van der Waals surface area contributed by atoms with Crippen molar-refractivity contribution in [3.63, 3.8) is 0 Å². The van der Waals surface area contributed by atoms with Crippen LogP contribution in [0.2, 0.25) is 0 Å². The van der Waals surface area contributed by atoms with Gasteiger partial charge in [0, 0.05) is 0 Å². The molecule has 3 heteroatoms. The standard InChI is InChI=1S/C23H36O3/c1-3-4-5-6-7-8-9-10-11-12-13-14-15-17-20-18-16-19-21(24)22(20)23(25)26-2/h8-9,16,18-19,24H,3-7,10-15,17H2,1-2H3/b9-8+. The summed E-state index contributed by atoms with van der Waals surface area (Å²) < 4.78 is 4.77. The number of allylic oxidation sites excluding steroid dienone is 2. The fourth-order valence-electron chi connectivity index (χ4n) is 3.17. The fourth-order valence-corrected chi connectivity index (χ4v) is 3.17. The largest absolute Gasteiger partial charge is 0.507 e. The molecule has 0 aromatic heterocycles. The summed E-state index contributed by atoms with van der Waals surface area (Å²) >= 11 is 0. The number of methoxy groups -OCH3 is 1. The highest BCUT2D eigenvalue weighted by Gasteiger charge is 2.16. The van der Waals surface area contributed by atoms with Gasteiger partial charge in [-0.25, -0.2) is 4.79 Å². The SMILES string of the molecule is CCCCCC/C=C/CCCCCCCc1cccc(O)c1C(=O)OC. The van der Waals surface area contributed by atoms with Crippen LogP contribution >= 0.6 is 0 Å². The number of ether oxygens (including phenoxy) is 1. The predicted octanol–water partition coefficient (Wildman–Crippen LogP) is 6.59. The quantitative estimate of drug-likeness (QED) is 0.231. The average molecular weight is 361 g/mol. The number of unbranched alkanes of at least 4 members (excludes halogenated alkanes) is 9. The molecule has 26 heavy (non-hydrogen) atoms. The number of phenolic OH excluding ortho intramolecular Hbond substituents is 1. The third-order valence-electron chi connectivity index (χ3n) is 4.73. The molecule has 0 aliphatic heterocycles. The van der Waals surface area contributed by atoms with Gasteiger partial charge < -0.3 is 9.84 Å². The van der Waals surface area contributed by atoms with E-state index in [9.17, 15) is 9.90 Å². The average Bonchev–Trinajstić information content (AvgIpc) is 2.65.